The van der Waals surface area contributed by atoms with Gasteiger partial charge in [0.1, 0.15) is 5.76 Å². The van der Waals surface area contributed by atoms with Gasteiger partial charge in [0.05, 0.1) is 0 Å². The lowest BCUT2D eigenvalue weighted by Crippen LogP contribution is -1.98. The van der Waals surface area contributed by atoms with Crippen LogP contribution in [0.1, 0.15) is 5.56 Å². The lowest BCUT2D eigenvalue weighted by atomic mass is 10.00. The van der Waals surface area contributed by atoms with E-state index in [0.29, 0.717) is 10.8 Å². The smallest absolute Gasteiger partial charge is 0.336 e. The van der Waals surface area contributed by atoms with E-state index in [1.807, 2.05) is 43.3 Å². The summed E-state index contributed by atoms with van der Waals surface area (Å²) >= 11 is 5.91. The number of halogens is 1. The van der Waals surface area contributed by atoms with Crippen LogP contribution in [0.5, 0.6) is 0 Å². The molecule has 21 heavy (non-hydrogen) atoms. The highest BCUT2D eigenvalue weighted by Gasteiger charge is 2.11. The molecule has 0 atom stereocenters. The number of hydrogen-bond donors (Lipinski definition) is 0. The normalized spacial score (nSPS) is 10.6. The first-order valence-corrected chi connectivity index (χ1v) is 6.98. The van der Waals surface area contributed by atoms with Crippen LogP contribution in [0, 0.1) is 6.92 Å². The van der Waals surface area contributed by atoms with E-state index in [-0.39, 0.29) is 5.63 Å². The third kappa shape index (κ3) is 2.91. The average Bonchev–Trinajstić information content (AvgIpc) is 2.49. The molecular formula is C18H13ClO2. The minimum Gasteiger partial charge on any atom is -0.422 e. The first kappa shape index (κ1) is 13.7. The Kier molecular flexibility index (Phi) is 3.63. The Bertz CT molecular complexity index is 815. The minimum absolute atomic E-state index is 0.365. The molecule has 104 valence electrons. The topological polar surface area (TPSA) is 30.2 Å². The van der Waals surface area contributed by atoms with Crippen molar-refractivity contribution in [3.05, 3.63) is 81.7 Å². The minimum atomic E-state index is -0.365. The fourth-order valence-electron chi connectivity index (χ4n) is 2.19. The van der Waals surface area contributed by atoms with Crippen LogP contribution in [0.15, 0.2) is 69.9 Å². The molecular weight excluding hydrogens is 284 g/mol. The van der Waals surface area contributed by atoms with Crippen molar-refractivity contribution in [2.24, 2.45) is 0 Å². The van der Waals surface area contributed by atoms with Gasteiger partial charge in [0.15, 0.2) is 0 Å². The Balaban J connectivity index is 2.19. The molecule has 0 aliphatic carbocycles. The highest BCUT2D eigenvalue weighted by Crippen LogP contribution is 2.31. The summed E-state index contributed by atoms with van der Waals surface area (Å²) in [6.45, 7) is 2.04. The van der Waals surface area contributed by atoms with Crippen molar-refractivity contribution in [1.82, 2.24) is 0 Å². The van der Waals surface area contributed by atoms with Crippen LogP contribution in [-0.4, -0.2) is 0 Å². The molecule has 3 heteroatoms. The van der Waals surface area contributed by atoms with Crippen molar-refractivity contribution in [1.29, 1.82) is 0 Å². The van der Waals surface area contributed by atoms with Gasteiger partial charge >= 0.3 is 5.63 Å². The molecule has 0 fully saturated rings. The molecule has 0 aliphatic rings. The summed E-state index contributed by atoms with van der Waals surface area (Å²) in [6.07, 6.45) is 0. The van der Waals surface area contributed by atoms with Gasteiger partial charge in [-0.25, -0.2) is 4.79 Å². The van der Waals surface area contributed by atoms with Gasteiger partial charge in [-0.1, -0.05) is 41.4 Å². The molecule has 0 N–H and O–H groups in total. The van der Waals surface area contributed by atoms with Gasteiger partial charge < -0.3 is 4.42 Å². The van der Waals surface area contributed by atoms with Crippen molar-refractivity contribution in [3.8, 4) is 22.5 Å². The number of aryl methyl sites for hydroxylation is 1. The van der Waals surface area contributed by atoms with Gasteiger partial charge in [-0.05, 0) is 42.8 Å². The predicted octanol–water partition coefficient (Wildman–Crippen LogP) is 4.94. The second kappa shape index (κ2) is 5.58. The van der Waals surface area contributed by atoms with E-state index in [2.05, 4.69) is 0 Å². The SMILES string of the molecule is Cc1ccc(-c2ccc(=O)oc2-c2ccc(Cl)cc2)cc1. The maximum atomic E-state index is 11.6. The molecule has 0 bridgehead atoms. The van der Waals surface area contributed by atoms with Gasteiger partial charge in [-0.3, -0.25) is 0 Å². The van der Waals surface area contributed by atoms with E-state index >= 15 is 0 Å². The molecule has 0 aliphatic heterocycles. The molecule has 3 rings (SSSR count). The molecule has 2 aromatic carbocycles. The van der Waals surface area contributed by atoms with Gasteiger partial charge in [0.2, 0.25) is 0 Å². The first-order valence-electron chi connectivity index (χ1n) is 6.60. The summed E-state index contributed by atoms with van der Waals surface area (Å²) in [7, 11) is 0. The van der Waals surface area contributed by atoms with Gasteiger partial charge in [0.25, 0.3) is 0 Å². The molecule has 0 spiro atoms. The highest BCUT2D eigenvalue weighted by molar-refractivity contribution is 6.30. The summed E-state index contributed by atoms with van der Waals surface area (Å²) in [4.78, 5) is 11.6. The average molecular weight is 297 g/mol. The molecule has 0 unspecified atom stereocenters. The molecule has 2 nitrogen and oxygen atoms in total. The van der Waals surface area contributed by atoms with E-state index in [9.17, 15) is 4.79 Å². The van der Waals surface area contributed by atoms with Crippen LogP contribution < -0.4 is 5.63 Å². The Labute approximate surface area is 127 Å². The summed E-state index contributed by atoms with van der Waals surface area (Å²) < 4.78 is 5.42. The molecule has 3 aromatic rings. The van der Waals surface area contributed by atoms with Crippen molar-refractivity contribution < 1.29 is 4.42 Å². The zero-order valence-electron chi connectivity index (χ0n) is 11.5. The standard InChI is InChI=1S/C18H13ClO2/c1-12-2-4-13(5-3-12)16-10-11-17(20)21-18(16)14-6-8-15(19)9-7-14/h2-11H,1H3. The lowest BCUT2D eigenvalue weighted by molar-refractivity contribution is 0.527. The molecule has 0 saturated heterocycles. The third-order valence-electron chi connectivity index (χ3n) is 3.30. The van der Waals surface area contributed by atoms with Crippen LogP contribution in [-0.2, 0) is 0 Å². The van der Waals surface area contributed by atoms with E-state index in [4.69, 9.17) is 16.0 Å². The zero-order chi connectivity index (χ0) is 14.8. The maximum absolute atomic E-state index is 11.6. The van der Waals surface area contributed by atoms with Crippen LogP contribution in [0.25, 0.3) is 22.5 Å². The van der Waals surface area contributed by atoms with E-state index in [1.165, 1.54) is 11.6 Å². The van der Waals surface area contributed by atoms with Gasteiger partial charge in [0, 0.05) is 22.2 Å². The fourth-order valence-corrected chi connectivity index (χ4v) is 2.32. The summed E-state index contributed by atoms with van der Waals surface area (Å²) in [6, 6.07) is 18.6. The maximum Gasteiger partial charge on any atom is 0.336 e. The van der Waals surface area contributed by atoms with Crippen molar-refractivity contribution in [3.63, 3.8) is 0 Å². The van der Waals surface area contributed by atoms with Crippen LogP contribution in [0.2, 0.25) is 5.02 Å². The van der Waals surface area contributed by atoms with E-state index in [0.717, 1.165) is 16.7 Å². The number of rotatable bonds is 2. The van der Waals surface area contributed by atoms with E-state index < -0.39 is 0 Å². The molecule has 1 aromatic heterocycles. The second-order valence-corrected chi connectivity index (χ2v) is 5.31. The van der Waals surface area contributed by atoms with Crippen LogP contribution in [0.4, 0.5) is 0 Å². The molecule has 1 heterocycles. The Morgan fingerprint density at radius 2 is 1.43 bits per heavy atom. The monoisotopic (exact) mass is 296 g/mol. The van der Waals surface area contributed by atoms with Crippen molar-refractivity contribution in [2.75, 3.05) is 0 Å². The molecule has 0 amide bonds. The third-order valence-corrected chi connectivity index (χ3v) is 3.55. The van der Waals surface area contributed by atoms with Crippen molar-refractivity contribution >= 4 is 11.6 Å². The quantitative estimate of drug-likeness (QED) is 0.671. The largest absolute Gasteiger partial charge is 0.422 e. The fraction of sp³-hybridized carbons (Fsp3) is 0.0556. The summed E-state index contributed by atoms with van der Waals surface area (Å²) in [5.74, 6) is 0.558. The molecule has 0 saturated carbocycles. The van der Waals surface area contributed by atoms with Gasteiger partial charge in [-0.15, -0.1) is 0 Å². The highest BCUT2D eigenvalue weighted by atomic mass is 35.5. The Morgan fingerprint density at radius 1 is 0.810 bits per heavy atom. The van der Waals surface area contributed by atoms with Crippen LogP contribution in [0.3, 0.4) is 0 Å². The first-order chi connectivity index (χ1) is 10.1. The van der Waals surface area contributed by atoms with E-state index in [1.54, 1.807) is 18.2 Å². The summed E-state index contributed by atoms with van der Waals surface area (Å²) in [5.41, 5.74) is 3.54. The number of hydrogen-bond acceptors (Lipinski definition) is 2. The van der Waals surface area contributed by atoms with Crippen molar-refractivity contribution in [2.45, 2.75) is 6.92 Å². The zero-order valence-corrected chi connectivity index (χ0v) is 12.2. The number of benzene rings is 2. The van der Waals surface area contributed by atoms with Gasteiger partial charge in [-0.2, -0.15) is 0 Å². The van der Waals surface area contributed by atoms with Crippen LogP contribution >= 0.6 is 11.6 Å². The second-order valence-electron chi connectivity index (χ2n) is 4.87. The Morgan fingerprint density at radius 3 is 2.10 bits per heavy atom. The molecule has 0 radical (unpaired) electrons. The predicted molar refractivity (Wildman–Crippen MR) is 85.6 cm³/mol. The summed E-state index contributed by atoms with van der Waals surface area (Å²) in [5, 5.41) is 0.647. The lowest BCUT2D eigenvalue weighted by Gasteiger charge is -2.08. The Hall–Kier alpha value is -2.32.